The van der Waals surface area contributed by atoms with E-state index in [0.717, 1.165) is 0 Å². The standard InChI is InChI=1S/Ir.5H3N/h;5*1H3. The van der Waals surface area contributed by atoms with Gasteiger partial charge in [0.15, 0.2) is 0 Å². The molecule has 0 unspecified atom stereocenters. The van der Waals surface area contributed by atoms with Crippen molar-refractivity contribution in [3.05, 3.63) is 0 Å². The second-order valence-electron chi connectivity index (χ2n) is 0. The molecule has 6 heavy (non-hydrogen) atoms. The molecule has 0 rings (SSSR count). The van der Waals surface area contributed by atoms with Gasteiger partial charge in [-0.05, 0) is 0 Å². The van der Waals surface area contributed by atoms with Crippen molar-refractivity contribution in [2.45, 2.75) is 0 Å². The molecule has 0 saturated heterocycles. The number of hydrogen-bond donors (Lipinski definition) is 5. The summed E-state index contributed by atoms with van der Waals surface area (Å²) >= 11 is 0. The topological polar surface area (TPSA) is 175 Å². The SMILES string of the molecule is N.N.N.N.N.[Ir]. The molecule has 0 spiro atoms. The van der Waals surface area contributed by atoms with E-state index in [1.165, 1.54) is 0 Å². The average Bonchev–Trinajstić information content (AvgIpc) is 0. The Labute approximate surface area is 51.5 Å². The molecule has 0 aromatic rings. The van der Waals surface area contributed by atoms with Crippen LogP contribution in [0.5, 0.6) is 0 Å². The Bertz CT molecular complexity index is 3.90. The summed E-state index contributed by atoms with van der Waals surface area (Å²) in [6.07, 6.45) is 0. The van der Waals surface area contributed by atoms with Crippen LogP contribution in [-0.4, -0.2) is 0 Å². The molecule has 15 N–H and O–H groups in total. The van der Waals surface area contributed by atoms with Gasteiger partial charge < -0.3 is 30.8 Å². The molecule has 49 valence electrons. The molecule has 0 aromatic heterocycles. The van der Waals surface area contributed by atoms with Gasteiger partial charge in [-0.15, -0.1) is 0 Å². The fourth-order valence-electron chi connectivity index (χ4n) is 0. The van der Waals surface area contributed by atoms with Gasteiger partial charge in [0.2, 0.25) is 0 Å². The molecular formula is H15IrN5. The number of hydrogen-bond acceptors (Lipinski definition) is 5. The smallest absolute Gasteiger partial charge is 0 e. The Morgan fingerprint density at radius 2 is 0.333 bits per heavy atom. The first-order valence-electron chi connectivity index (χ1n) is 0. The van der Waals surface area contributed by atoms with Gasteiger partial charge in [-0.3, -0.25) is 0 Å². The molecule has 0 aromatic carbocycles. The average molecular weight is 277 g/mol. The predicted molar refractivity (Wildman–Crippen MR) is 25.1 cm³/mol. The minimum atomic E-state index is 0. The summed E-state index contributed by atoms with van der Waals surface area (Å²) in [7, 11) is 0. The van der Waals surface area contributed by atoms with Crippen LogP contribution in [-0.2, 0) is 20.1 Å². The summed E-state index contributed by atoms with van der Waals surface area (Å²) in [4.78, 5) is 0. The van der Waals surface area contributed by atoms with Gasteiger partial charge in [0.05, 0.1) is 0 Å². The van der Waals surface area contributed by atoms with Crippen LogP contribution in [0.3, 0.4) is 0 Å². The maximum absolute atomic E-state index is 0. The monoisotopic (exact) mass is 278 g/mol. The minimum Gasteiger partial charge on any atom is -0.344 e. The van der Waals surface area contributed by atoms with E-state index in [2.05, 4.69) is 0 Å². The Hall–Kier alpha value is 0.449. The largest absolute Gasteiger partial charge is 0.344 e. The van der Waals surface area contributed by atoms with Gasteiger partial charge in [0.1, 0.15) is 0 Å². The molecule has 0 aliphatic rings. The second kappa shape index (κ2) is 534. The van der Waals surface area contributed by atoms with Crippen molar-refractivity contribution in [3.8, 4) is 0 Å². The third-order valence-corrected chi connectivity index (χ3v) is 0. The van der Waals surface area contributed by atoms with E-state index in [-0.39, 0.29) is 50.9 Å². The molecular weight excluding hydrogens is 262 g/mol. The Kier molecular flexibility index (Phi) is 84500. The number of rotatable bonds is 0. The van der Waals surface area contributed by atoms with E-state index in [1.54, 1.807) is 0 Å². The molecule has 0 heterocycles. The van der Waals surface area contributed by atoms with Crippen molar-refractivity contribution in [3.63, 3.8) is 0 Å². The quantitative estimate of drug-likeness (QED) is 0.439. The summed E-state index contributed by atoms with van der Waals surface area (Å²) in [6, 6.07) is 0. The van der Waals surface area contributed by atoms with E-state index < -0.39 is 0 Å². The van der Waals surface area contributed by atoms with Crippen LogP contribution < -0.4 is 30.8 Å². The van der Waals surface area contributed by atoms with Crippen LogP contribution in [0.25, 0.3) is 0 Å². The normalized spacial score (nSPS) is 0. The van der Waals surface area contributed by atoms with Crippen molar-refractivity contribution >= 4 is 0 Å². The first-order chi connectivity index (χ1) is 0. The second-order valence-corrected chi connectivity index (χ2v) is 0. The minimum absolute atomic E-state index is 0. The van der Waals surface area contributed by atoms with E-state index in [1.807, 2.05) is 0 Å². The van der Waals surface area contributed by atoms with Gasteiger partial charge in [0.25, 0.3) is 0 Å². The van der Waals surface area contributed by atoms with Gasteiger partial charge in [-0.2, -0.15) is 0 Å². The maximum atomic E-state index is 0. The van der Waals surface area contributed by atoms with Crippen molar-refractivity contribution < 1.29 is 20.1 Å². The molecule has 0 bridgehead atoms. The Balaban J connectivity index is 0. The molecule has 0 saturated carbocycles. The van der Waals surface area contributed by atoms with Crippen molar-refractivity contribution in [2.75, 3.05) is 0 Å². The van der Waals surface area contributed by atoms with Gasteiger partial charge in [-0.25, -0.2) is 0 Å². The fourth-order valence-corrected chi connectivity index (χ4v) is 0. The Morgan fingerprint density at radius 1 is 0.333 bits per heavy atom. The van der Waals surface area contributed by atoms with Crippen LogP contribution >= 0.6 is 0 Å². The molecule has 0 aliphatic heterocycles. The third-order valence-electron chi connectivity index (χ3n) is 0. The summed E-state index contributed by atoms with van der Waals surface area (Å²) in [5.74, 6) is 0. The zero-order valence-electron chi connectivity index (χ0n) is 3.87. The Morgan fingerprint density at radius 3 is 0.333 bits per heavy atom. The van der Waals surface area contributed by atoms with Crippen LogP contribution in [0.1, 0.15) is 0 Å². The first-order valence-corrected chi connectivity index (χ1v) is 0. The molecule has 5 nitrogen and oxygen atoms in total. The summed E-state index contributed by atoms with van der Waals surface area (Å²) < 4.78 is 0. The van der Waals surface area contributed by atoms with E-state index >= 15 is 0 Å². The fraction of sp³-hybridized carbons (Fsp3) is 0. The molecule has 0 fully saturated rings. The van der Waals surface area contributed by atoms with Crippen molar-refractivity contribution in [1.29, 1.82) is 0 Å². The zero-order valence-corrected chi connectivity index (χ0v) is 6.26. The predicted octanol–water partition coefficient (Wildman–Crippen LogP) is 0.807. The van der Waals surface area contributed by atoms with Crippen LogP contribution in [0, 0.1) is 0 Å². The van der Waals surface area contributed by atoms with Crippen LogP contribution in [0.4, 0.5) is 0 Å². The summed E-state index contributed by atoms with van der Waals surface area (Å²) in [6.45, 7) is 0. The third kappa shape index (κ3) is 262. The van der Waals surface area contributed by atoms with Gasteiger partial charge in [0, 0.05) is 20.1 Å². The van der Waals surface area contributed by atoms with Gasteiger partial charge in [-0.1, -0.05) is 0 Å². The molecule has 0 amide bonds. The zero-order chi connectivity index (χ0) is 0. The summed E-state index contributed by atoms with van der Waals surface area (Å²) in [5.41, 5.74) is 0. The molecule has 0 atom stereocenters. The van der Waals surface area contributed by atoms with E-state index in [4.69, 9.17) is 0 Å². The van der Waals surface area contributed by atoms with Crippen molar-refractivity contribution in [1.82, 2.24) is 30.8 Å². The van der Waals surface area contributed by atoms with Crippen LogP contribution in [0.2, 0.25) is 0 Å². The first kappa shape index (κ1) is 948. The van der Waals surface area contributed by atoms with E-state index in [9.17, 15) is 0 Å². The van der Waals surface area contributed by atoms with E-state index in [0.29, 0.717) is 0 Å². The molecule has 6 heteroatoms. The molecule has 1 radical (unpaired) electrons. The van der Waals surface area contributed by atoms with Crippen molar-refractivity contribution in [2.24, 2.45) is 0 Å². The maximum Gasteiger partial charge on any atom is 0 e. The molecule has 0 aliphatic carbocycles. The van der Waals surface area contributed by atoms with Gasteiger partial charge >= 0.3 is 0 Å². The van der Waals surface area contributed by atoms with Crippen LogP contribution in [0.15, 0.2) is 0 Å². The summed E-state index contributed by atoms with van der Waals surface area (Å²) in [5, 5.41) is 0.